The van der Waals surface area contributed by atoms with Gasteiger partial charge in [0.1, 0.15) is 5.69 Å². The van der Waals surface area contributed by atoms with Gasteiger partial charge < -0.3 is 10.1 Å². The zero-order chi connectivity index (χ0) is 15.8. The zero-order valence-corrected chi connectivity index (χ0v) is 13.1. The van der Waals surface area contributed by atoms with Crippen molar-refractivity contribution >= 4 is 5.91 Å². The normalized spacial score (nSPS) is 15.7. The van der Waals surface area contributed by atoms with E-state index in [1.54, 1.807) is 0 Å². The highest BCUT2D eigenvalue weighted by molar-refractivity contribution is 5.91. The molecule has 1 N–H and O–H groups in total. The van der Waals surface area contributed by atoms with E-state index < -0.39 is 0 Å². The average Bonchev–Trinajstić information content (AvgIpc) is 2.54. The Morgan fingerprint density at radius 1 is 1.32 bits per heavy atom. The van der Waals surface area contributed by atoms with E-state index >= 15 is 0 Å². The molecule has 0 radical (unpaired) electrons. The molecule has 1 aliphatic rings. The van der Waals surface area contributed by atoms with Gasteiger partial charge in [0.2, 0.25) is 0 Å². The molecular formula is C15H24N4O3. The maximum atomic E-state index is 12.0. The summed E-state index contributed by atoms with van der Waals surface area (Å²) in [6.07, 6.45) is 1.69. The minimum atomic E-state index is -0.230. The first kappa shape index (κ1) is 16.6. The Labute approximate surface area is 130 Å². The summed E-state index contributed by atoms with van der Waals surface area (Å²) in [7, 11) is 0. The van der Waals surface area contributed by atoms with Gasteiger partial charge in [-0.3, -0.25) is 14.5 Å². The highest BCUT2D eigenvalue weighted by atomic mass is 16.5. The van der Waals surface area contributed by atoms with Crippen molar-refractivity contribution in [2.45, 2.75) is 26.3 Å². The summed E-state index contributed by atoms with van der Waals surface area (Å²) in [5.41, 5.74) is 0.116. The lowest BCUT2D eigenvalue weighted by Gasteiger charge is -2.26. The molecule has 1 amide bonds. The van der Waals surface area contributed by atoms with Crippen LogP contribution in [0.5, 0.6) is 0 Å². The Morgan fingerprint density at radius 2 is 2.09 bits per heavy atom. The summed E-state index contributed by atoms with van der Waals surface area (Å²) in [6.45, 7) is 7.53. The third kappa shape index (κ3) is 4.92. The van der Waals surface area contributed by atoms with E-state index in [-0.39, 0.29) is 11.5 Å². The highest BCUT2D eigenvalue weighted by Gasteiger charge is 2.11. The number of nitrogens with zero attached hydrogens (tertiary/aromatic N) is 3. The molecule has 0 atom stereocenters. The van der Waals surface area contributed by atoms with Crippen LogP contribution in [0.2, 0.25) is 0 Å². The molecule has 1 aliphatic heterocycles. The van der Waals surface area contributed by atoms with Crippen LogP contribution in [-0.4, -0.2) is 60.0 Å². The summed E-state index contributed by atoms with van der Waals surface area (Å²) < 4.78 is 6.63. The van der Waals surface area contributed by atoms with Crippen LogP contribution >= 0.6 is 0 Å². The van der Waals surface area contributed by atoms with Crippen LogP contribution in [0.4, 0.5) is 0 Å². The van der Waals surface area contributed by atoms with Gasteiger partial charge in [0.25, 0.3) is 11.5 Å². The SMILES string of the molecule is CCCn1nc(C(=O)NCCCN2CCOCC2)ccc1=O. The Morgan fingerprint density at radius 3 is 2.82 bits per heavy atom. The minimum absolute atomic E-state index is 0.175. The first-order valence-corrected chi connectivity index (χ1v) is 7.87. The fourth-order valence-electron chi connectivity index (χ4n) is 2.36. The molecule has 122 valence electrons. The van der Waals surface area contributed by atoms with E-state index in [2.05, 4.69) is 15.3 Å². The number of aryl methyl sites for hydroxylation is 1. The van der Waals surface area contributed by atoms with Crippen LogP contribution in [-0.2, 0) is 11.3 Å². The predicted molar refractivity (Wildman–Crippen MR) is 83.0 cm³/mol. The summed E-state index contributed by atoms with van der Waals surface area (Å²) >= 11 is 0. The molecule has 2 rings (SSSR count). The van der Waals surface area contributed by atoms with Crippen molar-refractivity contribution < 1.29 is 9.53 Å². The second-order valence-electron chi connectivity index (χ2n) is 5.34. The highest BCUT2D eigenvalue weighted by Crippen LogP contribution is 1.98. The zero-order valence-electron chi connectivity index (χ0n) is 13.1. The molecule has 0 spiro atoms. The van der Waals surface area contributed by atoms with Crippen molar-refractivity contribution in [2.75, 3.05) is 39.4 Å². The van der Waals surface area contributed by atoms with Crippen molar-refractivity contribution in [3.8, 4) is 0 Å². The van der Waals surface area contributed by atoms with Crippen molar-refractivity contribution in [2.24, 2.45) is 0 Å². The van der Waals surface area contributed by atoms with Crippen LogP contribution in [0.3, 0.4) is 0 Å². The fraction of sp³-hybridized carbons (Fsp3) is 0.667. The van der Waals surface area contributed by atoms with Crippen LogP contribution in [0.1, 0.15) is 30.3 Å². The van der Waals surface area contributed by atoms with Gasteiger partial charge in [0, 0.05) is 32.2 Å². The Bertz CT molecular complexity index is 538. The van der Waals surface area contributed by atoms with Crippen LogP contribution in [0.25, 0.3) is 0 Å². The van der Waals surface area contributed by atoms with E-state index in [0.29, 0.717) is 18.8 Å². The third-order valence-corrected chi connectivity index (χ3v) is 3.58. The van der Waals surface area contributed by atoms with Crippen molar-refractivity contribution in [3.05, 3.63) is 28.2 Å². The molecule has 1 aromatic heterocycles. The van der Waals surface area contributed by atoms with Crippen LogP contribution < -0.4 is 10.9 Å². The second-order valence-corrected chi connectivity index (χ2v) is 5.34. The second kappa shape index (κ2) is 8.65. The van der Waals surface area contributed by atoms with E-state index in [4.69, 9.17) is 4.74 Å². The number of carbonyl (C=O) groups is 1. The third-order valence-electron chi connectivity index (χ3n) is 3.58. The maximum Gasteiger partial charge on any atom is 0.271 e. The lowest BCUT2D eigenvalue weighted by Crippen LogP contribution is -2.38. The number of aromatic nitrogens is 2. The first-order valence-electron chi connectivity index (χ1n) is 7.87. The summed E-state index contributed by atoms with van der Waals surface area (Å²) in [6, 6.07) is 2.87. The maximum absolute atomic E-state index is 12.0. The number of nitrogens with one attached hydrogen (secondary N) is 1. The average molecular weight is 308 g/mol. The van der Waals surface area contributed by atoms with Crippen LogP contribution in [0, 0.1) is 0 Å². The monoisotopic (exact) mass is 308 g/mol. The van der Waals surface area contributed by atoms with Crippen LogP contribution in [0.15, 0.2) is 16.9 Å². The minimum Gasteiger partial charge on any atom is -0.379 e. The fourth-order valence-corrected chi connectivity index (χ4v) is 2.36. The molecule has 1 saturated heterocycles. The number of hydrogen-bond acceptors (Lipinski definition) is 5. The Kier molecular flexibility index (Phi) is 6.54. The van der Waals surface area contributed by atoms with Crippen molar-refractivity contribution in [3.63, 3.8) is 0 Å². The molecule has 0 saturated carbocycles. The first-order chi connectivity index (χ1) is 10.7. The number of amides is 1. The molecule has 22 heavy (non-hydrogen) atoms. The van der Waals surface area contributed by atoms with E-state index in [1.165, 1.54) is 16.8 Å². The number of morpholine rings is 1. The van der Waals surface area contributed by atoms with E-state index in [9.17, 15) is 9.59 Å². The lowest BCUT2D eigenvalue weighted by molar-refractivity contribution is 0.0374. The molecule has 7 nitrogen and oxygen atoms in total. The molecule has 2 heterocycles. The van der Waals surface area contributed by atoms with E-state index in [0.717, 1.165) is 45.7 Å². The van der Waals surface area contributed by atoms with Gasteiger partial charge in [-0.15, -0.1) is 0 Å². The Hall–Kier alpha value is -1.73. The number of ether oxygens (including phenoxy) is 1. The topological polar surface area (TPSA) is 76.5 Å². The number of hydrogen-bond donors (Lipinski definition) is 1. The number of rotatable bonds is 7. The molecule has 0 unspecified atom stereocenters. The molecular weight excluding hydrogens is 284 g/mol. The number of carbonyl (C=O) groups excluding carboxylic acids is 1. The van der Waals surface area contributed by atoms with Gasteiger partial charge in [-0.1, -0.05) is 6.92 Å². The summed E-state index contributed by atoms with van der Waals surface area (Å²) in [5.74, 6) is -0.230. The molecule has 1 aromatic rings. The molecule has 0 bridgehead atoms. The quantitative estimate of drug-likeness (QED) is 0.723. The van der Waals surface area contributed by atoms with Gasteiger partial charge in [0.05, 0.1) is 13.2 Å². The predicted octanol–water partition coefficient (Wildman–Crippen LogP) is 0.105. The lowest BCUT2D eigenvalue weighted by atomic mass is 10.3. The van der Waals surface area contributed by atoms with Gasteiger partial charge in [-0.25, -0.2) is 4.68 Å². The Balaban J connectivity index is 1.77. The van der Waals surface area contributed by atoms with Gasteiger partial charge in [-0.05, 0) is 25.5 Å². The summed E-state index contributed by atoms with van der Waals surface area (Å²) in [5, 5.41) is 6.95. The smallest absolute Gasteiger partial charge is 0.271 e. The van der Waals surface area contributed by atoms with Gasteiger partial charge in [0.15, 0.2) is 0 Å². The standard InChI is InChI=1S/C15H24N4O3/c1-2-7-19-14(20)5-4-13(17-19)15(21)16-6-3-8-18-9-11-22-12-10-18/h4-5H,2-3,6-12H2,1H3,(H,16,21). The molecule has 0 aliphatic carbocycles. The molecule has 1 fully saturated rings. The molecule has 0 aromatic carbocycles. The van der Waals surface area contributed by atoms with Gasteiger partial charge in [-0.2, -0.15) is 5.10 Å². The van der Waals surface area contributed by atoms with Crippen molar-refractivity contribution in [1.29, 1.82) is 0 Å². The van der Waals surface area contributed by atoms with Crippen molar-refractivity contribution in [1.82, 2.24) is 20.0 Å². The largest absolute Gasteiger partial charge is 0.379 e. The summed E-state index contributed by atoms with van der Waals surface area (Å²) in [4.78, 5) is 25.9. The van der Waals surface area contributed by atoms with E-state index in [1.807, 2.05) is 6.92 Å². The van der Waals surface area contributed by atoms with Gasteiger partial charge >= 0.3 is 0 Å². The molecule has 7 heteroatoms.